The average molecular weight is 346 g/mol. The van der Waals surface area contributed by atoms with Crippen LogP contribution in [0.2, 0.25) is 0 Å². The van der Waals surface area contributed by atoms with Gasteiger partial charge in [-0.3, -0.25) is 10.1 Å². The van der Waals surface area contributed by atoms with Gasteiger partial charge in [-0.2, -0.15) is 0 Å². The first-order chi connectivity index (χ1) is 11.2. The fourth-order valence-electron chi connectivity index (χ4n) is 1.75. The quantitative estimate of drug-likeness (QED) is 0.690. The third kappa shape index (κ3) is 4.14. The lowest BCUT2D eigenvalue weighted by molar-refractivity contribution is -0.113. The first kappa shape index (κ1) is 15.6. The van der Waals surface area contributed by atoms with E-state index in [0.29, 0.717) is 10.3 Å². The third-order valence-electron chi connectivity index (χ3n) is 2.84. The Morgan fingerprint density at radius 2 is 2.13 bits per heavy atom. The van der Waals surface area contributed by atoms with Gasteiger partial charge in [-0.25, -0.2) is 9.67 Å². The number of carbonyl (C=O) groups excluding carboxylic acids is 1. The van der Waals surface area contributed by atoms with Crippen molar-refractivity contribution in [2.45, 2.75) is 18.5 Å². The van der Waals surface area contributed by atoms with Crippen molar-refractivity contribution in [3.8, 4) is 5.69 Å². The zero-order valence-electron chi connectivity index (χ0n) is 12.3. The summed E-state index contributed by atoms with van der Waals surface area (Å²) in [6, 6.07) is 9.69. The van der Waals surface area contributed by atoms with Crippen LogP contribution in [0.5, 0.6) is 0 Å². The van der Waals surface area contributed by atoms with Crippen molar-refractivity contribution in [2.75, 3.05) is 11.1 Å². The van der Waals surface area contributed by atoms with Gasteiger partial charge in [-0.1, -0.05) is 48.2 Å². The van der Waals surface area contributed by atoms with Gasteiger partial charge in [0.05, 0.1) is 11.4 Å². The molecule has 118 valence electrons. The highest BCUT2D eigenvalue weighted by Crippen LogP contribution is 2.17. The van der Waals surface area contributed by atoms with Gasteiger partial charge in [0.2, 0.25) is 16.2 Å². The van der Waals surface area contributed by atoms with Crippen LogP contribution in [0.3, 0.4) is 0 Å². The van der Waals surface area contributed by atoms with E-state index in [1.807, 2.05) is 37.3 Å². The van der Waals surface area contributed by atoms with Crippen LogP contribution in [0, 0.1) is 0 Å². The van der Waals surface area contributed by atoms with Crippen molar-refractivity contribution >= 4 is 34.1 Å². The van der Waals surface area contributed by atoms with Crippen molar-refractivity contribution in [3.05, 3.63) is 41.7 Å². The second-order valence-corrected chi connectivity index (χ2v) is 6.50. The lowest BCUT2D eigenvalue weighted by Crippen LogP contribution is -2.14. The summed E-state index contributed by atoms with van der Waals surface area (Å²) in [4.78, 5) is 16.1. The van der Waals surface area contributed by atoms with Gasteiger partial charge in [0, 0.05) is 0 Å². The van der Waals surface area contributed by atoms with Crippen LogP contribution >= 0.6 is 23.1 Å². The number of hydrogen-bond acceptors (Lipinski definition) is 7. The maximum atomic E-state index is 11.9. The fraction of sp³-hybridized carbons (Fsp3) is 0.214. The number of nitrogens with one attached hydrogen (secondary N) is 1. The molecule has 0 aliphatic heterocycles. The molecule has 1 N–H and O–H groups in total. The normalized spacial score (nSPS) is 10.7. The van der Waals surface area contributed by atoms with E-state index < -0.39 is 0 Å². The Bertz CT molecular complexity index is 785. The van der Waals surface area contributed by atoms with Gasteiger partial charge in [-0.05, 0) is 18.6 Å². The molecule has 2 aromatic heterocycles. The molecular formula is C14H14N6OS2. The minimum atomic E-state index is -0.148. The van der Waals surface area contributed by atoms with Crippen LogP contribution in [-0.4, -0.2) is 36.6 Å². The number of aryl methyl sites for hydroxylation is 1. The smallest absolute Gasteiger partial charge is 0.236 e. The van der Waals surface area contributed by atoms with E-state index in [1.54, 1.807) is 11.0 Å². The van der Waals surface area contributed by atoms with E-state index in [1.165, 1.54) is 23.1 Å². The van der Waals surface area contributed by atoms with E-state index in [4.69, 9.17) is 0 Å². The first-order valence-corrected chi connectivity index (χ1v) is 8.77. The zero-order chi connectivity index (χ0) is 16.1. The minimum Gasteiger partial charge on any atom is -0.300 e. The number of hydrogen-bond donors (Lipinski definition) is 1. The molecule has 2 heterocycles. The maximum Gasteiger partial charge on any atom is 0.236 e. The average Bonchev–Trinajstić information content (AvgIpc) is 3.23. The first-order valence-electron chi connectivity index (χ1n) is 6.96. The molecule has 0 atom stereocenters. The number of thioether (sulfide) groups is 1. The summed E-state index contributed by atoms with van der Waals surface area (Å²) in [6.07, 6.45) is 2.44. The Kier molecular flexibility index (Phi) is 4.99. The van der Waals surface area contributed by atoms with Crippen LogP contribution < -0.4 is 5.32 Å². The van der Waals surface area contributed by atoms with Crippen molar-refractivity contribution in [1.82, 2.24) is 25.0 Å². The Morgan fingerprint density at radius 3 is 2.87 bits per heavy atom. The molecule has 3 rings (SSSR count). The lowest BCUT2D eigenvalue weighted by atomic mass is 10.3. The summed E-state index contributed by atoms with van der Waals surface area (Å²) in [5.74, 6) is 0.0738. The van der Waals surface area contributed by atoms with Crippen molar-refractivity contribution in [1.29, 1.82) is 0 Å². The van der Waals surface area contributed by atoms with Crippen molar-refractivity contribution in [3.63, 3.8) is 0 Å². The predicted molar refractivity (Wildman–Crippen MR) is 90.0 cm³/mol. The number of benzene rings is 1. The Morgan fingerprint density at radius 1 is 1.30 bits per heavy atom. The van der Waals surface area contributed by atoms with Gasteiger partial charge in [0.15, 0.2) is 0 Å². The van der Waals surface area contributed by atoms with Gasteiger partial charge < -0.3 is 0 Å². The van der Waals surface area contributed by atoms with Crippen LogP contribution in [0.15, 0.2) is 41.8 Å². The van der Waals surface area contributed by atoms with E-state index in [2.05, 4.69) is 25.6 Å². The molecule has 0 fully saturated rings. The molecule has 0 spiro atoms. The number of anilines is 1. The summed E-state index contributed by atoms with van der Waals surface area (Å²) in [6.45, 7) is 2.00. The number of amides is 1. The van der Waals surface area contributed by atoms with Crippen LogP contribution in [0.4, 0.5) is 5.13 Å². The highest BCUT2D eigenvalue weighted by molar-refractivity contribution is 7.99. The Balaban J connectivity index is 1.54. The summed E-state index contributed by atoms with van der Waals surface area (Å²) >= 11 is 2.66. The number of para-hydroxylation sites is 1. The Labute approximate surface area is 141 Å². The van der Waals surface area contributed by atoms with E-state index in [9.17, 15) is 4.79 Å². The standard InChI is InChI=1S/C14H14N6OS2/c1-2-12-17-18-14(23-12)16-11(21)8-22-13-15-9-20(19-13)10-6-4-3-5-7-10/h3-7,9H,2,8H2,1H3,(H,16,18,21). The molecule has 0 bridgehead atoms. The second-order valence-electron chi connectivity index (χ2n) is 4.50. The number of carbonyl (C=O) groups is 1. The second kappa shape index (κ2) is 7.34. The molecule has 1 amide bonds. The Hall–Kier alpha value is -2.26. The summed E-state index contributed by atoms with van der Waals surface area (Å²) in [5.41, 5.74) is 0.928. The van der Waals surface area contributed by atoms with Crippen molar-refractivity contribution in [2.24, 2.45) is 0 Å². The van der Waals surface area contributed by atoms with Crippen molar-refractivity contribution < 1.29 is 4.79 Å². The highest BCUT2D eigenvalue weighted by atomic mass is 32.2. The van der Waals surface area contributed by atoms with Gasteiger partial charge in [0.1, 0.15) is 11.3 Å². The fourth-order valence-corrected chi connectivity index (χ4v) is 3.05. The molecule has 0 saturated carbocycles. The number of nitrogens with zero attached hydrogens (tertiary/aromatic N) is 5. The minimum absolute atomic E-state index is 0.148. The van der Waals surface area contributed by atoms with Gasteiger partial charge >= 0.3 is 0 Å². The van der Waals surface area contributed by atoms with E-state index >= 15 is 0 Å². The molecule has 1 aromatic carbocycles. The third-order valence-corrected chi connectivity index (χ3v) is 4.67. The molecule has 0 saturated heterocycles. The molecule has 7 nitrogen and oxygen atoms in total. The molecular weight excluding hydrogens is 332 g/mol. The largest absolute Gasteiger partial charge is 0.300 e. The van der Waals surface area contributed by atoms with E-state index in [-0.39, 0.29) is 11.7 Å². The summed E-state index contributed by atoms with van der Waals surface area (Å²) < 4.78 is 1.68. The summed E-state index contributed by atoms with van der Waals surface area (Å²) in [7, 11) is 0. The number of aromatic nitrogens is 5. The monoisotopic (exact) mass is 346 g/mol. The van der Waals surface area contributed by atoms with Crippen LogP contribution in [0.25, 0.3) is 5.69 Å². The topological polar surface area (TPSA) is 85.6 Å². The highest BCUT2D eigenvalue weighted by Gasteiger charge is 2.10. The predicted octanol–water partition coefficient (Wildman–Crippen LogP) is 2.41. The van der Waals surface area contributed by atoms with E-state index in [0.717, 1.165) is 17.1 Å². The molecule has 0 radical (unpaired) electrons. The van der Waals surface area contributed by atoms with Crippen LogP contribution in [0.1, 0.15) is 11.9 Å². The zero-order valence-corrected chi connectivity index (χ0v) is 14.0. The van der Waals surface area contributed by atoms with Gasteiger partial charge in [-0.15, -0.1) is 15.3 Å². The molecule has 3 aromatic rings. The van der Waals surface area contributed by atoms with Gasteiger partial charge in [0.25, 0.3) is 0 Å². The lowest BCUT2D eigenvalue weighted by Gasteiger charge is -1.99. The maximum absolute atomic E-state index is 11.9. The molecule has 23 heavy (non-hydrogen) atoms. The molecule has 0 aliphatic rings. The van der Waals surface area contributed by atoms with Crippen LogP contribution in [-0.2, 0) is 11.2 Å². The molecule has 0 aliphatic carbocycles. The molecule has 0 unspecified atom stereocenters. The number of rotatable bonds is 6. The molecule has 9 heteroatoms. The summed E-state index contributed by atoms with van der Waals surface area (Å²) in [5, 5.41) is 16.9. The SMILES string of the molecule is CCc1nnc(NC(=O)CSc2ncn(-c3ccccc3)n2)s1.